The van der Waals surface area contributed by atoms with Gasteiger partial charge in [-0.3, -0.25) is 9.59 Å². The highest BCUT2D eigenvalue weighted by Crippen LogP contribution is 2.14. The molecule has 0 heterocycles. The van der Waals surface area contributed by atoms with Crippen LogP contribution in [0.15, 0.2) is 30.3 Å². The fourth-order valence-corrected chi connectivity index (χ4v) is 1.94. The van der Waals surface area contributed by atoms with E-state index in [1.807, 2.05) is 51.1 Å². The first kappa shape index (κ1) is 17.2. The van der Waals surface area contributed by atoms with Gasteiger partial charge in [0.1, 0.15) is 6.04 Å². The van der Waals surface area contributed by atoms with Gasteiger partial charge in [-0.05, 0) is 33.3 Å². The van der Waals surface area contributed by atoms with Crippen LogP contribution in [0.4, 0.5) is 0 Å². The molecular formula is C16H25N3O2. The summed E-state index contributed by atoms with van der Waals surface area (Å²) in [6.07, 6.45) is 0. The summed E-state index contributed by atoms with van der Waals surface area (Å²) in [6.45, 7) is 7.55. The lowest BCUT2D eigenvalue weighted by Gasteiger charge is -2.25. The zero-order valence-electron chi connectivity index (χ0n) is 13.1. The standard InChI is InChI=1S/C16H25N3O2/c1-11(14(20)19-16(2,3)4)18-15(21)13(10-17)12-8-6-5-7-9-12/h5-9,11,13H,10,17H2,1-4H3,(H,18,21)(H,19,20). The Bertz CT molecular complexity index is 480. The molecule has 0 aliphatic heterocycles. The Morgan fingerprint density at radius 2 is 1.71 bits per heavy atom. The summed E-state index contributed by atoms with van der Waals surface area (Å²) in [4.78, 5) is 24.3. The highest BCUT2D eigenvalue weighted by Gasteiger charge is 2.24. The van der Waals surface area contributed by atoms with Crippen molar-refractivity contribution in [2.75, 3.05) is 6.54 Å². The molecule has 4 N–H and O–H groups in total. The van der Waals surface area contributed by atoms with Gasteiger partial charge in [-0.1, -0.05) is 30.3 Å². The predicted molar refractivity (Wildman–Crippen MR) is 83.7 cm³/mol. The number of hydrogen-bond acceptors (Lipinski definition) is 3. The van der Waals surface area contributed by atoms with Gasteiger partial charge in [-0.15, -0.1) is 0 Å². The third kappa shape index (κ3) is 5.55. The molecule has 0 radical (unpaired) electrons. The van der Waals surface area contributed by atoms with Crippen LogP contribution in [0.1, 0.15) is 39.2 Å². The van der Waals surface area contributed by atoms with Crippen LogP contribution in [0.25, 0.3) is 0 Å². The van der Waals surface area contributed by atoms with Crippen LogP contribution >= 0.6 is 0 Å². The molecule has 2 unspecified atom stereocenters. The number of carbonyl (C=O) groups excluding carboxylic acids is 2. The summed E-state index contributed by atoms with van der Waals surface area (Å²) in [5.74, 6) is -0.893. The van der Waals surface area contributed by atoms with Crippen molar-refractivity contribution in [1.82, 2.24) is 10.6 Å². The van der Waals surface area contributed by atoms with Crippen LogP contribution < -0.4 is 16.4 Å². The molecule has 0 aliphatic rings. The lowest BCUT2D eigenvalue weighted by molar-refractivity contribution is -0.130. The van der Waals surface area contributed by atoms with Crippen LogP contribution in [0.3, 0.4) is 0 Å². The van der Waals surface area contributed by atoms with Gasteiger partial charge in [0.25, 0.3) is 0 Å². The second kappa shape index (κ2) is 7.22. The maximum atomic E-state index is 12.3. The normalized spacial score (nSPS) is 14.1. The smallest absolute Gasteiger partial charge is 0.242 e. The van der Waals surface area contributed by atoms with Crippen molar-refractivity contribution in [2.24, 2.45) is 5.73 Å². The van der Waals surface area contributed by atoms with Crippen molar-refractivity contribution >= 4 is 11.8 Å². The number of amides is 2. The number of benzene rings is 1. The van der Waals surface area contributed by atoms with Crippen LogP contribution in [0.5, 0.6) is 0 Å². The van der Waals surface area contributed by atoms with E-state index in [1.165, 1.54) is 0 Å². The maximum absolute atomic E-state index is 12.3. The van der Waals surface area contributed by atoms with Gasteiger partial charge in [0.15, 0.2) is 0 Å². The van der Waals surface area contributed by atoms with Gasteiger partial charge in [0.05, 0.1) is 5.92 Å². The van der Waals surface area contributed by atoms with E-state index >= 15 is 0 Å². The zero-order valence-corrected chi connectivity index (χ0v) is 13.1. The number of carbonyl (C=O) groups is 2. The van der Waals surface area contributed by atoms with Crippen molar-refractivity contribution in [3.8, 4) is 0 Å². The van der Waals surface area contributed by atoms with Crippen LogP contribution in [-0.2, 0) is 9.59 Å². The van der Waals surface area contributed by atoms with Crippen LogP contribution in [0.2, 0.25) is 0 Å². The van der Waals surface area contributed by atoms with Crippen molar-refractivity contribution in [1.29, 1.82) is 0 Å². The molecule has 2 atom stereocenters. The zero-order chi connectivity index (χ0) is 16.0. The second-order valence-corrected chi connectivity index (χ2v) is 6.17. The average molecular weight is 291 g/mol. The molecule has 0 saturated heterocycles. The van der Waals surface area contributed by atoms with E-state index in [1.54, 1.807) is 6.92 Å². The topological polar surface area (TPSA) is 84.2 Å². The Morgan fingerprint density at radius 1 is 1.14 bits per heavy atom. The van der Waals surface area contributed by atoms with Gasteiger partial charge >= 0.3 is 0 Å². The highest BCUT2D eigenvalue weighted by atomic mass is 16.2. The molecule has 21 heavy (non-hydrogen) atoms. The van der Waals surface area contributed by atoms with E-state index in [2.05, 4.69) is 10.6 Å². The monoisotopic (exact) mass is 291 g/mol. The summed E-state index contributed by atoms with van der Waals surface area (Å²) in [5, 5.41) is 5.56. The van der Waals surface area contributed by atoms with Gasteiger partial charge < -0.3 is 16.4 Å². The van der Waals surface area contributed by atoms with E-state index in [4.69, 9.17) is 5.73 Å². The first-order chi connectivity index (χ1) is 9.74. The summed E-state index contributed by atoms with van der Waals surface area (Å²) in [5.41, 5.74) is 6.22. The van der Waals surface area contributed by atoms with E-state index in [0.29, 0.717) is 0 Å². The molecule has 1 aromatic rings. The van der Waals surface area contributed by atoms with E-state index < -0.39 is 12.0 Å². The second-order valence-electron chi connectivity index (χ2n) is 6.17. The van der Waals surface area contributed by atoms with Crippen LogP contribution in [0, 0.1) is 0 Å². The Hall–Kier alpha value is -1.88. The van der Waals surface area contributed by atoms with E-state index in [0.717, 1.165) is 5.56 Å². The van der Waals surface area contributed by atoms with Gasteiger partial charge in [-0.25, -0.2) is 0 Å². The van der Waals surface area contributed by atoms with Crippen molar-refractivity contribution in [3.63, 3.8) is 0 Å². The molecule has 0 bridgehead atoms. The van der Waals surface area contributed by atoms with E-state index in [9.17, 15) is 9.59 Å². The molecule has 0 spiro atoms. The summed E-state index contributed by atoms with van der Waals surface area (Å²) in [6, 6.07) is 8.72. The average Bonchev–Trinajstić information content (AvgIpc) is 2.38. The number of hydrogen-bond donors (Lipinski definition) is 3. The number of nitrogens with one attached hydrogen (secondary N) is 2. The van der Waals surface area contributed by atoms with Gasteiger partial charge in [0, 0.05) is 12.1 Å². The number of nitrogens with two attached hydrogens (primary N) is 1. The lowest BCUT2D eigenvalue weighted by atomic mass is 9.98. The Labute approximate surface area is 126 Å². The predicted octanol–water partition coefficient (Wildman–Crippen LogP) is 1.15. The molecular weight excluding hydrogens is 266 g/mol. The summed E-state index contributed by atoms with van der Waals surface area (Å²) in [7, 11) is 0. The van der Waals surface area contributed by atoms with Crippen molar-refractivity contribution < 1.29 is 9.59 Å². The Balaban J connectivity index is 2.68. The highest BCUT2D eigenvalue weighted by molar-refractivity contribution is 5.90. The first-order valence-corrected chi connectivity index (χ1v) is 7.12. The van der Waals surface area contributed by atoms with Crippen LogP contribution in [-0.4, -0.2) is 29.9 Å². The minimum Gasteiger partial charge on any atom is -0.350 e. The quantitative estimate of drug-likeness (QED) is 0.761. The largest absolute Gasteiger partial charge is 0.350 e. The minimum atomic E-state index is -0.602. The summed E-state index contributed by atoms with van der Waals surface area (Å²) >= 11 is 0. The molecule has 0 aliphatic carbocycles. The van der Waals surface area contributed by atoms with Gasteiger partial charge in [-0.2, -0.15) is 0 Å². The third-order valence-electron chi connectivity index (χ3n) is 3.00. The lowest BCUT2D eigenvalue weighted by Crippen LogP contribution is -2.52. The molecule has 0 aromatic heterocycles. The molecule has 116 valence electrons. The third-order valence-corrected chi connectivity index (χ3v) is 3.00. The maximum Gasteiger partial charge on any atom is 0.242 e. The van der Waals surface area contributed by atoms with Crippen molar-refractivity contribution in [2.45, 2.75) is 45.2 Å². The molecule has 0 fully saturated rings. The minimum absolute atomic E-state index is 0.198. The Morgan fingerprint density at radius 3 is 2.19 bits per heavy atom. The molecule has 5 nitrogen and oxygen atoms in total. The summed E-state index contributed by atoms with van der Waals surface area (Å²) < 4.78 is 0. The SMILES string of the molecule is CC(NC(=O)C(CN)c1ccccc1)C(=O)NC(C)(C)C. The van der Waals surface area contributed by atoms with Gasteiger partial charge in [0.2, 0.25) is 11.8 Å². The molecule has 2 amide bonds. The fraction of sp³-hybridized carbons (Fsp3) is 0.500. The molecule has 0 saturated carbocycles. The first-order valence-electron chi connectivity index (χ1n) is 7.12. The van der Waals surface area contributed by atoms with Crippen molar-refractivity contribution in [3.05, 3.63) is 35.9 Å². The molecule has 1 rings (SSSR count). The number of rotatable bonds is 5. The molecule has 1 aromatic carbocycles. The fourth-order valence-electron chi connectivity index (χ4n) is 1.94. The Kier molecular flexibility index (Phi) is 5.90. The molecule has 5 heteroatoms. The van der Waals surface area contributed by atoms with E-state index in [-0.39, 0.29) is 23.9 Å².